The van der Waals surface area contributed by atoms with E-state index in [0.717, 1.165) is 12.8 Å². The molecule has 0 fully saturated rings. The number of rotatable bonds is 9. The van der Waals surface area contributed by atoms with Crippen molar-refractivity contribution in [1.82, 2.24) is 5.32 Å². The molecule has 0 aliphatic rings. The number of carbonyl (C=O) groups excluding carboxylic acids is 1. The minimum Gasteiger partial charge on any atom is -0.494 e. The van der Waals surface area contributed by atoms with Gasteiger partial charge in [0.2, 0.25) is 5.91 Å². The number of unbranched alkanes of at least 4 members (excludes halogenated alkanes) is 1. The molecule has 4 nitrogen and oxygen atoms in total. The molecule has 0 saturated heterocycles. The molecular formula is C15H24ClFN2O2. The van der Waals surface area contributed by atoms with Gasteiger partial charge >= 0.3 is 0 Å². The fourth-order valence-electron chi connectivity index (χ4n) is 1.62. The Morgan fingerprint density at radius 2 is 2.00 bits per heavy atom. The Bertz CT molecular complexity index is 399. The fraction of sp³-hybridized carbons (Fsp3) is 0.533. The van der Waals surface area contributed by atoms with E-state index in [-0.39, 0.29) is 30.2 Å². The van der Waals surface area contributed by atoms with E-state index in [1.807, 2.05) is 6.92 Å². The van der Waals surface area contributed by atoms with Crippen LogP contribution >= 0.6 is 12.4 Å². The van der Waals surface area contributed by atoms with Gasteiger partial charge < -0.3 is 15.8 Å². The van der Waals surface area contributed by atoms with Crippen LogP contribution in [-0.2, 0) is 4.79 Å². The van der Waals surface area contributed by atoms with Crippen LogP contribution in [0.5, 0.6) is 5.75 Å². The van der Waals surface area contributed by atoms with Gasteiger partial charge in [-0.3, -0.25) is 4.79 Å². The highest BCUT2D eigenvalue weighted by Crippen LogP contribution is 2.11. The first-order valence-corrected chi connectivity index (χ1v) is 6.98. The second-order valence-corrected chi connectivity index (χ2v) is 4.88. The maximum atomic E-state index is 12.7. The van der Waals surface area contributed by atoms with E-state index in [0.29, 0.717) is 31.7 Å². The molecule has 120 valence electrons. The summed E-state index contributed by atoms with van der Waals surface area (Å²) in [7, 11) is 0. The number of hydrogen-bond donors (Lipinski definition) is 2. The van der Waals surface area contributed by atoms with Crippen molar-refractivity contribution in [2.24, 2.45) is 5.73 Å². The van der Waals surface area contributed by atoms with Crippen molar-refractivity contribution in [3.63, 3.8) is 0 Å². The Kier molecular flexibility index (Phi) is 10.6. The number of benzene rings is 1. The molecule has 0 saturated carbocycles. The smallest absolute Gasteiger partial charge is 0.220 e. The van der Waals surface area contributed by atoms with Gasteiger partial charge in [-0.05, 0) is 50.5 Å². The Labute approximate surface area is 131 Å². The molecule has 3 N–H and O–H groups in total. The molecular weight excluding hydrogens is 295 g/mol. The molecule has 0 spiro atoms. The summed E-state index contributed by atoms with van der Waals surface area (Å²) in [6.07, 6.45) is 2.87. The molecule has 0 aliphatic carbocycles. The van der Waals surface area contributed by atoms with Crippen molar-refractivity contribution < 1.29 is 13.9 Å². The molecule has 1 aromatic rings. The first-order valence-electron chi connectivity index (χ1n) is 6.98. The van der Waals surface area contributed by atoms with Gasteiger partial charge in [-0.2, -0.15) is 0 Å². The van der Waals surface area contributed by atoms with E-state index in [1.54, 1.807) is 12.1 Å². The normalized spacial score (nSPS) is 11.4. The number of halogens is 2. The standard InChI is InChI=1S/C15H23FN2O2.ClH/c1-12(17)4-9-15(19)18-10-2-3-11-20-14-7-5-13(16)6-8-14;/h5-8,12H,2-4,9-11,17H2,1H3,(H,18,19);1H. The van der Waals surface area contributed by atoms with Crippen molar-refractivity contribution >= 4 is 18.3 Å². The Morgan fingerprint density at radius 3 is 2.62 bits per heavy atom. The highest BCUT2D eigenvalue weighted by Gasteiger charge is 2.02. The summed E-state index contributed by atoms with van der Waals surface area (Å²) in [5, 5.41) is 2.84. The summed E-state index contributed by atoms with van der Waals surface area (Å²) in [6.45, 7) is 3.09. The summed E-state index contributed by atoms with van der Waals surface area (Å²) >= 11 is 0. The van der Waals surface area contributed by atoms with Gasteiger partial charge in [-0.1, -0.05) is 0 Å². The quantitative estimate of drug-likeness (QED) is 0.688. The lowest BCUT2D eigenvalue weighted by Crippen LogP contribution is -2.26. The van der Waals surface area contributed by atoms with Gasteiger partial charge in [0, 0.05) is 19.0 Å². The molecule has 21 heavy (non-hydrogen) atoms. The highest BCUT2D eigenvalue weighted by atomic mass is 35.5. The third kappa shape index (κ3) is 10.1. The Morgan fingerprint density at radius 1 is 1.33 bits per heavy atom. The lowest BCUT2D eigenvalue weighted by molar-refractivity contribution is -0.121. The van der Waals surface area contributed by atoms with Crippen LogP contribution in [0.15, 0.2) is 24.3 Å². The SMILES string of the molecule is CC(N)CCC(=O)NCCCCOc1ccc(F)cc1.Cl. The number of carbonyl (C=O) groups is 1. The predicted molar refractivity (Wildman–Crippen MR) is 84.3 cm³/mol. The monoisotopic (exact) mass is 318 g/mol. The van der Waals surface area contributed by atoms with Crippen molar-refractivity contribution in [1.29, 1.82) is 0 Å². The molecule has 0 heterocycles. The Balaban J connectivity index is 0.00000400. The predicted octanol–water partition coefficient (Wildman–Crippen LogP) is 2.65. The fourth-order valence-corrected chi connectivity index (χ4v) is 1.62. The zero-order chi connectivity index (χ0) is 14.8. The van der Waals surface area contributed by atoms with Crippen molar-refractivity contribution in [3.05, 3.63) is 30.1 Å². The molecule has 1 amide bonds. The molecule has 1 aromatic carbocycles. The first-order chi connectivity index (χ1) is 9.58. The van der Waals surface area contributed by atoms with Gasteiger partial charge in [-0.15, -0.1) is 12.4 Å². The summed E-state index contributed by atoms with van der Waals surface area (Å²) in [4.78, 5) is 11.4. The zero-order valence-corrected chi connectivity index (χ0v) is 13.1. The van der Waals surface area contributed by atoms with E-state index >= 15 is 0 Å². The van der Waals surface area contributed by atoms with Crippen LogP contribution in [0, 0.1) is 5.82 Å². The van der Waals surface area contributed by atoms with Crippen LogP contribution in [0.3, 0.4) is 0 Å². The average Bonchev–Trinajstić information content (AvgIpc) is 2.42. The zero-order valence-electron chi connectivity index (χ0n) is 12.3. The summed E-state index contributed by atoms with van der Waals surface area (Å²) in [6, 6.07) is 6.00. The van der Waals surface area contributed by atoms with Crippen LogP contribution in [-0.4, -0.2) is 25.1 Å². The van der Waals surface area contributed by atoms with Crippen LogP contribution in [0.25, 0.3) is 0 Å². The molecule has 0 radical (unpaired) electrons. The topological polar surface area (TPSA) is 64.4 Å². The second kappa shape index (κ2) is 11.3. The van der Waals surface area contributed by atoms with Gasteiger partial charge in [-0.25, -0.2) is 4.39 Å². The average molecular weight is 319 g/mol. The molecule has 1 rings (SSSR count). The molecule has 6 heteroatoms. The van der Waals surface area contributed by atoms with E-state index in [4.69, 9.17) is 10.5 Å². The summed E-state index contributed by atoms with van der Waals surface area (Å²) in [5.41, 5.74) is 5.58. The number of hydrogen-bond acceptors (Lipinski definition) is 3. The van der Waals surface area contributed by atoms with Gasteiger partial charge in [0.1, 0.15) is 11.6 Å². The molecule has 0 aromatic heterocycles. The molecule has 0 aliphatic heterocycles. The minimum absolute atomic E-state index is 0. The third-order valence-corrected chi connectivity index (χ3v) is 2.80. The summed E-state index contributed by atoms with van der Waals surface area (Å²) in [5.74, 6) is 0.431. The minimum atomic E-state index is -0.271. The van der Waals surface area contributed by atoms with Crippen LogP contribution in [0.4, 0.5) is 4.39 Å². The van der Waals surface area contributed by atoms with E-state index in [2.05, 4.69) is 5.32 Å². The first kappa shape index (κ1) is 19.7. The van der Waals surface area contributed by atoms with Gasteiger partial charge in [0.25, 0.3) is 0 Å². The second-order valence-electron chi connectivity index (χ2n) is 4.88. The van der Waals surface area contributed by atoms with Crippen molar-refractivity contribution in [2.45, 2.75) is 38.6 Å². The van der Waals surface area contributed by atoms with Crippen LogP contribution in [0.2, 0.25) is 0 Å². The lowest BCUT2D eigenvalue weighted by atomic mass is 10.2. The van der Waals surface area contributed by atoms with Crippen LogP contribution in [0.1, 0.15) is 32.6 Å². The van der Waals surface area contributed by atoms with E-state index in [9.17, 15) is 9.18 Å². The molecule has 1 atom stereocenters. The maximum Gasteiger partial charge on any atom is 0.220 e. The molecule has 1 unspecified atom stereocenters. The summed E-state index contributed by atoms with van der Waals surface area (Å²) < 4.78 is 18.1. The number of nitrogens with two attached hydrogens (primary N) is 1. The molecule has 0 bridgehead atoms. The van der Waals surface area contributed by atoms with E-state index < -0.39 is 0 Å². The highest BCUT2D eigenvalue weighted by molar-refractivity contribution is 5.85. The largest absolute Gasteiger partial charge is 0.494 e. The third-order valence-electron chi connectivity index (χ3n) is 2.80. The van der Waals surface area contributed by atoms with Crippen molar-refractivity contribution in [3.8, 4) is 5.75 Å². The van der Waals surface area contributed by atoms with Gasteiger partial charge in [0.05, 0.1) is 6.61 Å². The number of nitrogens with one attached hydrogen (secondary N) is 1. The lowest BCUT2D eigenvalue weighted by Gasteiger charge is -2.08. The maximum absolute atomic E-state index is 12.7. The van der Waals surface area contributed by atoms with Gasteiger partial charge in [0.15, 0.2) is 0 Å². The van der Waals surface area contributed by atoms with Crippen LogP contribution < -0.4 is 15.8 Å². The Hall–Kier alpha value is -1.33. The van der Waals surface area contributed by atoms with E-state index in [1.165, 1.54) is 12.1 Å². The number of amides is 1. The number of ether oxygens (including phenoxy) is 1. The van der Waals surface area contributed by atoms with Crippen molar-refractivity contribution in [2.75, 3.05) is 13.2 Å².